The number of ether oxygens (including phenoxy) is 1. The van der Waals surface area contributed by atoms with E-state index in [1.54, 1.807) is 0 Å². The molecule has 132 valence electrons. The van der Waals surface area contributed by atoms with Gasteiger partial charge in [-0.2, -0.15) is 0 Å². The van der Waals surface area contributed by atoms with Crippen molar-refractivity contribution in [1.29, 1.82) is 0 Å². The third-order valence-corrected chi connectivity index (χ3v) is 5.57. The molecule has 4 heterocycles. The van der Waals surface area contributed by atoms with Gasteiger partial charge >= 0.3 is 0 Å². The Hall–Kier alpha value is -1.98. The van der Waals surface area contributed by atoms with E-state index in [-0.39, 0.29) is 5.41 Å². The maximum atomic E-state index is 6.08. The largest absolute Gasteiger partial charge is 0.378 e. The molecule has 2 saturated heterocycles. The fourth-order valence-electron chi connectivity index (χ4n) is 4.29. The molecule has 2 aromatic rings. The number of hydrogen-bond donors (Lipinski definition) is 1. The van der Waals surface area contributed by atoms with E-state index in [0.717, 1.165) is 57.9 Å². The second kappa shape index (κ2) is 7.50. The average molecular weight is 338 g/mol. The van der Waals surface area contributed by atoms with Crippen molar-refractivity contribution in [1.82, 2.24) is 14.9 Å². The Morgan fingerprint density at radius 1 is 1.24 bits per heavy atom. The number of anilines is 1. The minimum atomic E-state index is 0.266. The lowest BCUT2D eigenvalue weighted by Crippen LogP contribution is -2.49. The lowest BCUT2D eigenvalue weighted by atomic mass is 9.74. The lowest BCUT2D eigenvalue weighted by Gasteiger charge is -2.44. The SMILES string of the molecule is c1ccc(NCC[C@]23CCO[C@H]2CCN(Cc2cccnc2)C3)nc1. The summed E-state index contributed by atoms with van der Waals surface area (Å²) in [6.45, 7) is 5.04. The molecule has 2 aliphatic heterocycles. The first-order valence-electron chi connectivity index (χ1n) is 9.22. The molecule has 5 heteroatoms. The molecule has 0 unspecified atom stereocenters. The zero-order chi connectivity index (χ0) is 17.0. The van der Waals surface area contributed by atoms with Crippen molar-refractivity contribution >= 4 is 5.82 Å². The third kappa shape index (κ3) is 3.83. The number of nitrogens with zero attached hydrogens (tertiary/aromatic N) is 3. The molecule has 1 N–H and O–H groups in total. The van der Waals surface area contributed by atoms with E-state index < -0.39 is 0 Å². The van der Waals surface area contributed by atoms with Gasteiger partial charge in [0.2, 0.25) is 0 Å². The zero-order valence-electron chi connectivity index (χ0n) is 14.6. The molecule has 4 rings (SSSR count). The van der Waals surface area contributed by atoms with Crippen molar-refractivity contribution in [3.63, 3.8) is 0 Å². The van der Waals surface area contributed by atoms with Crippen LogP contribution < -0.4 is 5.32 Å². The monoisotopic (exact) mass is 338 g/mol. The van der Waals surface area contributed by atoms with Gasteiger partial charge in [-0.25, -0.2) is 4.98 Å². The Kier molecular flexibility index (Phi) is 4.95. The van der Waals surface area contributed by atoms with Crippen LogP contribution in [0.4, 0.5) is 5.82 Å². The highest BCUT2D eigenvalue weighted by molar-refractivity contribution is 5.32. The average Bonchev–Trinajstić information content (AvgIpc) is 3.06. The van der Waals surface area contributed by atoms with Gasteiger partial charge in [-0.3, -0.25) is 9.88 Å². The maximum absolute atomic E-state index is 6.08. The van der Waals surface area contributed by atoms with Crippen molar-refractivity contribution in [3.8, 4) is 0 Å². The number of aromatic nitrogens is 2. The molecular weight excluding hydrogens is 312 g/mol. The highest BCUT2D eigenvalue weighted by Gasteiger charge is 2.47. The van der Waals surface area contributed by atoms with Crippen LogP contribution in [0.25, 0.3) is 0 Å². The first-order valence-corrected chi connectivity index (χ1v) is 9.22. The highest BCUT2D eigenvalue weighted by Crippen LogP contribution is 2.43. The second-order valence-electron chi connectivity index (χ2n) is 7.22. The normalized spacial score (nSPS) is 26.3. The summed E-state index contributed by atoms with van der Waals surface area (Å²) in [5.41, 5.74) is 1.56. The van der Waals surface area contributed by atoms with Gasteiger partial charge in [0.25, 0.3) is 0 Å². The van der Waals surface area contributed by atoms with E-state index in [4.69, 9.17) is 4.74 Å². The number of pyridine rings is 2. The van der Waals surface area contributed by atoms with Crippen LogP contribution in [0.2, 0.25) is 0 Å². The summed E-state index contributed by atoms with van der Waals surface area (Å²) >= 11 is 0. The predicted molar refractivity (Wildman–Crippen MR) is 98.3 cm³/mol. The van der Waals surface area contributed by atoms with E-state index in [9.17, 15) is 0 Å². The third-order valence-electron chi connectivity index (χ3n) is 5.57. The van der Waals surface area contributed by atoms with Crippen LogP contribution in [0.1, 0.15) is 24.8 Å². The quantitative estimate of drug-likeness (QED) is 0.877. The Morgan fingerprint density at radius 3 is 3.08 bits per heavy atom. The molecule has 0 aliphatic carbocycles. The summed E-state index contributed by atoms with van der Waals surface area (Å²) in [5.74, 6) is 0.956. The van der Waals surface area contributed by atoms with Gasteiger partial charge in [-0.05, 0) is 43.0 Å². The second-order valence-corrected chi connectivity index (χ2v) is 7.22. The first-order chi connectivity index (χ1) is 12.3. The Balaban J connectivity index is 1.38. The van der Waals surface area contributed by atoms with Crippen LogP contribution in [0.15, 0.2) is 48.9 Å². The van der Waals surface area contributed by atoms with Crippen molar-refractivity contribution in [2.24, 2.45) is 5.41 Å². The van der Waals surface area contributed by atoms with Gasteiger partial charge < -0.3 is 10.1 Å². The fraction of sp³-hybridized carbons (Fsp3) is 0.500. The van der Waals surface area contributed by atoms with E-state index in [0.29, 0.717) is 6.10 Å². The van der Waals surface area contributed by atoms with Gasteiger partial charge in [0.15, 0.2) is 0 Å². The summed E-state index contributed by atoms with van der Waals surface area (Å²) < 4.78 is 6.08. The van der Waals surface area contributed by atoms with Crippen molar-refractivity contribution in [2.45, 2.75) is 31.9 Å². The standard InChI is InChI=1S/C20H26N4O/c1-2-10-22-19(5-1)23-11-7-20-8-13-25-18(20)6-12-24(16-20)15-17-4-3-9-21-14-17/h1-5,9-10,14,18H,6-8,11-13,15-16H2,(H,22,23)/t18-,20+/m0/s1. The summed E-state index contributed by atoms with van der Waals surface area (Å²) in [6.07, 6.45) is 9.46. The Labute approximate surface area is 149 Å². The zero-order valence-corrected chi connectivity index (χ0v) is 14.6. The number of nitrogens with one attached hydrogen (secondary N) is 1. The molecule has 5 nitrogen and oxygen atoms in total. The molecule has 0 amide bonds. The van der Waals surface area contributed by atoms with Crippen molar-refractivity contribution in [2.75, 3.05) is 31.6 Å². The lowest BCUT2D eigenvalue weighted by molar-refractivity contribution is -0.0228. The molecule has 0 saturated carbocycles. The van der Waals surface area contributed by atoms with Gasteiger partial charge in [0, 0.05) is 56.8 Å². The molecule has 0 bridgehead atoms. The molecule has 0 spiro atoms. The molecule has 2 fully saturated rings. The van der Waals surface area contributed by atoms with Crippen LogP contribution in [0.3, 0.4) is 0 Å². The van der Waals surface area contributed by atoms with E-state index in [1.807, 2.05) is 42.9 Å². The first kappa shape index (κ1) is 16.5. The number of rotatable bonds is 6. The van der Waals surface area contributed by atoms with Crippen LogP contribution in [0, 0.1) is 5.41 Å². The summed E-state index contributed by atoms with van der Waals surface area (Å²) in [5, 5.41) is 3.47. The Bertz CT molecular complexity index is 666. The Morgan fingerprint density at radius 2 is 2.24 bits per heavy atom. The van der Waals surface area contributed by atoms with Crippen molar-refractivity contribution < 1.29 is 4.74 Å². The number of likely N-dealkylation sites (tertiary alicyclic amines) is 1. The van der Waals surface area contributed by atoms with Gasteiger partial charge in [0.1, 0.15) is 5.82 Å². The van der Waals surface area contributed by atoms with Crippen LogP contribution in [-0.4, -0.2) is 47.2 Å². The molecule has 0 aromatic carbocycles. The minimum absolute atomic E-state index is 0.266. The summed E-state index contributed by atoms with van der Waals surface area (Å²) in [6, 6.07) is 10.2. The molecule has 2 atom stereocenters. The van der Waals surface area contributed by atoms with E-state index >= 15 is 0 Å². The van der Waals surface area contributed by atoms with E-state index in [2.05, 4.69) is 26.3 Å². The van der Waals surface area contributed by atoms with Crippen LogP contribution in [0.5, 0.6) is 0 Å². The maximum Gasteiger partial charge on any atom is 0.125 e. The summed E-state index contributed by atoms with van der Waals surface area (Å²) in [4.78, 5) is 11.2. The number of piperidine rings is 1. The number of fused-ring (bicyclic) bond motifs is 1. The van der Waals surface area contributed by atoms with E-state index in [1.165, 1.54) is 5.56 Å². The molecule has 2 aromatic heterocycles. The molecule has 0 radical (unpaired) electrons. The van der Waals surface area contributed by atoms with Gasteiger partial charge in [0.05, 0.1) is 6.10 Å². The van der Waals surface area contributed by atoms with Gasteiger partial charge in [-0.1, -0.05) is 12.1 Å². The van der Waals surface area contributed by atoms with Crippen LogP contribution >= 0.6 is 0 Å². The summed E-state index contributed by atoms with van der Waals surface area (Å²) in [7, 11) is 0. The minimum Gasteiger partial charge on any atom is -0.378 e. The van der Waals surface area contributed by atoms with Gasteiger partial charge in [-0.15, -0.1) is 0 Å². The molecule has 25 heavy (non-hydrogen) atoms. The fourth-order valence-corrected chi connectivity index (χ4v) is 4.29. The van der Waals surface area contributed by atoms with Crippen molar-refractivity contribution in [3.05, 3.63) is 54.5 Å². The highest BCUT2D eigenvalue weighted by atomic mass is 16.5. The smallest absolute Gasteiger partial charge is 0.125 e. The molecule has 2 aliphatic rings. The molecular formula is C20H26N4O. The predicted octanol–water partition coefficient (Wildman–Crippen LogP) is 2.96. The number of hydrogen-bond acceptors (Lipinski definition) is 5. The topological polar surface area (TPSA) is 50.3 Å². The van der Waals surface area contributed by atoms with Crippen LogP contribution in [-0.2, 0) is 11.3 Å².